The quantitative estimate of drug-likeness (QED) is 0.814. The van der Waals surface area contributed by atoms with E-state index in [1.807, 2.05) is 11.3 Å². The minimum absolute atomic E-state index is 0.653. The highest BCUT2D eigenvalue weighted by atomic mass is 32.1. The number of likely N-dealkylation sites (tertiary alicyclic amines) is 1. The smallest absolute Gasteiger partial charge is 0.0368 e. The molecule has 2 aliphatic rings. The van der Waals surface area contributed by atoms with Crippen LogP contribution in [0.1, 0.15) is 41.7 Å². The second kappa shape index (κ2) is 8.55. The van der Waals surface area contributed by atoms with Gasteiger partial charge in [-0.25, -0.2) is 0 Å². The monoisotopic (exact) mass is 369 g/mol. The first-order chi connectivity index (χ1) is 12.8. The molecule has 3 heterocycles. The Hall–Kier alpha value is -1.36. The van der Waals surface area contributed by atoms with E-state index in [4.69, 9.17) is 0 Å². The van der Waals surface area contributed by atoms with E-state index in [0.717, 1.165) is 26.2 Å². The van der Waals surface area contributed by atoms with Crippen LogP contribution in [0.3, 0.4) is 0 Å². The molecule has 0 radical (unpaired) electrons. The normalized spacial score (nSPS) is 19.3. The van der Waals surface area contributed by atoms with Crippen LogP contribution in [0, 0.1) is 6.92 Å². The molecule has 1 N–H and O–H groups in total. The molecule has 0 bridgehead atoms. The van der Waals surface area contributed by atoms with E-state index in [2.05, 4.69) is 57.8 Å². The lowest BCUT2D eigenvalue weighted by Crippen LogP contribution is -2.42. The summed E-state index contributed by atoms with van der Waals surface area (Å²) in [5.74, 6) is 0. The van der Waals surface area contributed by atoms with Gasteiger partial charge in [0, 0.05) is 42.8 Å². The third-order valence-electron chi connectivity index (χ3n) is 5.74. The molecule has 140 valence electrons. The van der Waals surface area contributed by atoms with Gasteiger partial charge in [0.25, 0.3) is 0 Å². The van der Waals surface area contributed by atoms with Crippen LogP contribution in [0.25, 0.3) is 0 Å². The lowest BCUT2D eigenvalue weighted by Gasteiger charge is -2.34. The van der Waals surface area contributed by atoms with E-state index in [0.29, 0.717) is 6.04 Å². The molecule has 2 aromatic rings. The summed E-state index contributed by atoms with van der Waals surface area (Å²) in [4.78, 5) is 6.60. The molecular formula is C22H31N3S. The summed E-state index contributed by atoms with van der Waals surface area (Å²) in [6, 6.07) is 12.0. The van der Waals surface area contributed by atoms with Gasteiger partial charge >= 0.3 is 0 Å². The van der Waals surface area contributed by atoms with E-state index in [-0.39, 0.29) is 0 Å². The molecule has 1 aromatic heterocycles. The Balaban J connectivity index is 1.22. The Bertz CT molecular complexity index is 697. The van der Waals surface area contributed by atoms with Crippen LogP contribution in [0.2, 0.25) is 0 Å². The van der Waals surface area contributed by atoms with Crippen molar-refractivity contribution in [3.8, 4) is 0 Å². The van der Waals surface area contributed by atoms with Crippen LogP contribution in [0.15, 0.2) is 35.7 Å². The van der Waals surface area contributed by atoms with Gasteiger partial charge in [0.15, 0.2) is 0 Å². The zero-order valence-corrected chi connectivity index (χ0v) is 16.7. The molecule has 2 aliphatic heterocycles. The molecular weight excluding hydrogens is 338 g/mol. The molecule has 26 heavy (non-hydrogen) atoms. The number of anilines is 1. The van der Waals surface area contributed by atoms with Crippen molar-refractivity contribution in [3.05, 3.63) is 51.7 Å². The molecule has 3 nitrogen and oxygen atoms in total. The number of aryl methyl sites for hydroxylation is 1. The summed E-state index contributed by atoms with van der Waals surface area (Å²) < 4.78 is 0. The first kappa shape index (κ1) is 18.0. The predicted octanol–water partition coefficient (Wildman–Crippen LogP) is 4.41. The number of rotatable bonds is 6. The summed E-state index contributed by atoms with van der Waals surface area (Å²) in [5.41, 5.74) is 4.24. The fraction of sp³-hybridized carbons (Fsp3) is 0.545. The second-order valence-electron chi connectivity index (χ2n) is 7.89. The van der Waals surface area contributed by atoms with E-state index >= 15 is 0 Å². The maximum absolute atomic E-state index is 3.80. The van der Waals surface area contributed by atoms with Gasteiger partial charge in [-0.15, -0.1) is 11.3 Å². The number of hydrogen-bond acceptors (Lipinski definition) is 4. The van der Waals surface area contributed by atoms with Crippen LogP contribution < -0.4 is 10.2 Å². The second-order valence-corrected chi connectivity index (χ2v) is 8.88. The van der Waals surface area contributed by atoms with E-state index < -0.39 is 0 Å². The number of hydrogen-bond donors (Lipinski definition) is 1. The molecule has 0 atom stereocenters. The largest absolute Gasteiger partial charge is 0.371 e. The number of benzene rings is 1. The van der Waals surface area contributed by atoms with Crippen LogP contribution in [-0.4, -0.2) is 37.1 Å². The molecule has 4 rings (SSSR count). The van der Waals surface area contributed by atoms with Crippen LogP contribution in [0.4, 0.5) is 5.69 Å². The highest BCUT2D eigenvalue weighted by molar-refractivity contribution is 7.10. The van der Waals surface area contributed by atoms with Gasteiger partial charge in [0.1, 0.15) is 0 Å². The molecule has 0 unspecified atom stereocenters. The topological polar surface area (TPSA) is 18.5 Å². The molecule has 0 spiro atoms. The molecule has 2 fully saturated rings. The van der Waals surface area contributed by atoms with Crippen molar-refractivity contribution >= 4 is 17.0 Å². The van der Waals surface area contributed by atoms with Crippen molar-refractivity contribution in [2.75, 3.05) is 31.1 Å². The Kier molecular flexibility index (Phi) is 5.93. The van der Waals surface area contributed by atoms with E-state index in [1.165, 1.54) is 60.5 Å². The van der Waals surface area contributed by atoms with Gasteiger partial charge in [0.2, 0.25) is 0 Å². The minimum Gasteiger partial charge on any atom is -0.371 e. The summed E-state index contributed by atoms with van der Waals surface area (Å²) in [5, 5.41) is 6.16. The minimum atomic E-state index is 0.653. The van der Waals surface area contributed by atoms with Crippen LogP contribution in [-0.2, 0) is 13.1 Å². The fourth-order valence-corrected chi connectivity index (χ4v) is 5.04. The zero-order valence-electron chi connectivity index (χ0n) is 15.9. The number of thiophene rings is 1. The van der Waals surface area contributed by atoms with Gasteiger partial charge in [-0.2, -0.15) is 0 Å². The van der Waals surface area contributed by atoms with Crippen LogP contribution >= 0.6 is 11.3 Å². The fourth-order valence-electron chi connectivity index (χ4n) is 4.21. The Morgan fingerprint density at radius 1 is 1.08 bits per heavy atom. The zero-order chi connectivity index (χ0) is 17.8. The van der Waals surface area contributed by atoms with Crippen molar-refractivity contribution < 1.29 is 0 Å². The highest BCUT2D eigenvalue weighted by Gasteiger charge is 2.19. The van der Waals surface area contributed by atoms with Gasteiger partial charge in [-0.3, -0.25) is 4.90 Å². The Morgan fingerprint density at radius 2 is 1.88 bits per heavy atom. The third kappa shape index (κ3) is 4.67. The molecule has 0 aliphatic carbocycles. The summed E-state index contributed by atoms with van der Waals surface area (Å²) in [6.07, 6.45) is 5.22. The first-order valence-corrected chi connectivity index (χ1v) is 11.0. The Labute approximate surface area is 162 Å². The summed E-state index contributed by atoms with van der Waals surface area (Å²) in [6.45, 7) is 9.23. The Morgan fingerprint density at radius 3 is 2.65 bits per heavy atom. The van der Waals surface area contributed by atoms with Crippen LogP contribution in [0.5, 0.6) is 0 Å². The molecule has 0 saturated carbocycles. The maximum atomic E-state index is 3.80. The van der Waals surface area contributed by atoms with Gasteiger partial charge in [-0.1, -0.05) is 12.1 Å². The predicted molar refractivity (Wildman–Crippen MR) is 112 cm³/mol. The summed E-state index contributed by atoms with van der Waals surface area (Å²) in [7, 11) is 0. The molecule has 2 saturated heterocycles. The van der Waals surface area contributed by atoms with Crippen molar-refractivity contribution in [1.82, 2.24) is 10.2 Å². The first-order valence-electron chi connectivity index (χ1n) is 10.1. The lowest BCUT2D eigenvalue weighted by molar-refractivity contribution is 0.332. The lowest BCUT2D eigenvalue weighted by atomic mass is 10.0. The molecule has 1 aromatic carbocycles. The van der Waals surface area contributed by atoms with Gasteiger partial charge in [-0.05, 0) is 80.4 Å². The van der Waals surface area contributed by atoms with Crippen molar-refractivity contribution in [2.45, 2.75) is 51.7 Å². The van der Waals surface area contributed by atoms with Crippen molar-refractivity contribution in [3.63, 3.8) is 0 Å². The standard InChI is InChI=1S/C22H31N3S/c1-18-5-4-6-21(13-18)25-11-7-20(8-12-25)23-15-22-14-19(17-26-22)16-24-9-2-3-10-24/h4-6,13-14,17,20,23H,2-3,7-12,15-16H2,1H3. The van der Waals surface area contributed by atoms with E-state index in [9.17, 15) is 0 Å². The average molecular weight is 370 g/mol. The molecule has 0 amide bonds. The maximum Gasteiger partial charge on any atom is 0.0368 e. The van der Waals surface area contributed by atoms with Gasteiger partial charge < -0.3 is 10.2 Å². The van der Waals surface area contributed by atoms with Crippen molar-refractivity contribution in [2.24, 2.45) is 0 Å². The van der Waals surface area contributed by atoms with E-state index in [1.54, 1.807) is 0 Å². The number of piperidine rings is 1. The number of nitrogens with zero attached hydrogens (tertiary/aromatic N) is 2. The number of nitrogens with one attached hydrogen (secondary N) is 1. The van der Waals surface area contributed by atoms with Crippen molar-refractivity contribution in [1.29, 1.82) is 0 Å². The average Bonchev–Trinajstić information content (AvgIpc) is 3.33. The molecule has 4 heteroatoms. The third-order valence-corrected chi connectivity index (χ3v) is 6.73. The summed E-state index contributed by atoms with van der Waals surface area (Å²) >= 11 is 1.92. The SMILES string of the molecule is Cc1cccc(N2CCC(NCc3cc(CN4CCCC4)cs3)CC2)c1. The highest BCUT2D eigenvalue weighted by Crippen LogP contribution is 2.22. The van der Waals surface area contributed by atoms with Gasteiger partial charge in [0.05, 0.1) is 0 Å².